The first-order valence-corrected chi connectivity index (χ1v) is 5.30. The molecule has 0 aliphatic heterocycles. The second-order valence-corrected chi connectivity index (χ2v) is 3.60. The van der Waals surface area contributed by atoms with Gasteiger partial charge in [-0.2, -0.15) is 0 Å². The van der Waals surface area contributed by atoms with E-state index < -0.39 is 0 Å². The molecule has 0 radical (unpaired) electrons. The summed E-state index contributed by atoms with van der Waals surface area (Å²) in [5, 5.41) is 0. The fourth-order valence-electron chi connectivity index (χ4n) is 1.39. The molecular weight excluding hydrogens is 210 g/mol. The zero-order valence-corrected chi connectivity index (χ0v) is 9.47. The minimum atomic E-state index is 0.0477. The number of nitrogens with zero attached hydrogens (tertiary/aromatic N) is 1. The van der Waals surface area contributed by atoms with Crippen LogP contribution in [0.25, 0.3) is 0 Å². The zero-order valence-electron chi connectivity index (χ0n) is 9.47. The Morgan fingerprint density at radius 3 is 2.71 bits per heavy atom. The molecule has 0 saturated heterocycles. The van der Waals surface area contributed by atoms with Crippen molar-refractivity contribution in [1.29, 1.82) is 0 Å². The average Bonchev–Trinajstić information content (AvgIpc) is 2.38. The SMILES string of the molecule is CC(=O)c1cccc(C#Cc2ccccn2)c1. The molecule has 17 heavy (non-hydrogen) atoms. The Bertz CT molecular complexity index is 591. The topological polar surface area (TPSA) is 30.0 Å². The third kappa shape index (κ3) is 3.02. The molecular formula is C15H11NO. The molecule has 0 aliphatic rings. The van der Waals surface area contributed by atoms with Crippen LogP contribution in [-0.4, -0.2) is 10.8 Å². The zero-order chi connectivity index (χ0) is 12.1. The van der Waals surface area contributed by atoms with E-state index >= 15 is 0 Å². The van der Waals surface area contributed by atoms with Crippen molar-refractivity contribution >= 4 is 5.78 Å². The van der Waals surface area contributed by atoms with Gasteiger partial charge in [-0.15, -0.1) is 0 Å². The first kappa shape index (κ1) is 11.1. The van der Waals surface area contributed by atoms with E-state index in [1.54, 1.807) is 25.3 Å². The monoisotopic (exact) mass is 221 g/mol. The van der Waals surface area contributed by atoms with Crippen molar-refractivity contribution in [3.05, 3.63) is 65.5 Å². The lowest BCUT2D eigenvalue weighted by Gasteiger charge is -1.95. The average molecular weight is 221 g/mol. The summed E-state index contributed by atoms with van der Waals surface area (Å²) in [6.45, 7) is 1.55. The minimum Gasteiger partial charge on any atom is -0.295 e. The summed E-state index contributed by atoms with van der Waals surface area (Å²) < 4.78 is 0. The van der Waals surface area contributed by atoms with Gasteiger partial charge in [0.05, 0.1) is 0 Å². The van der Waals surface area contributed by atoms with Crippen LogP contribution in [0.1, 0.15) is 28.5 Å². The summed E-state index contributed by atoms with van der Waals surface area (Å²) in [5.74, 6) is 5.99. The van der Waals surface area contributed by atoms with Crippen molar-refractivity contribution in [3.63, 3.8) is 0 Å². The van der Waals surface area contributed by atoms with Gasteiger partial charge in [0.1, 0.15) is 5.69 Å². The molecule has 2 rings (SSSR count). The molecule has 2 nitrogen and oxygen atoms in total. The number of benzene rings is 1. The Morgan fingerprint density at radius 2 is 2.00 bits per heavy atom. The van der Waals surface area contributed by atoms with Crippen LogP contribution < -0.4 is 0 Å². The van der Waals surface area contributed by atoms with Gasteiger partial charge in [-0.1, -0.05) is 24.1 Å². The summed E-state index contributed by atoms with van der Waals surface area (Å²) in [5.41, 5.74) is 2.22. The molecule has 0 atom stereocenters. The molecule has 0 spiro atoms. The number of hydrogen-bond donors (Lipinski definition) is 0. The molecule has 2 heteroatoms. The maximum Gasteiger partial charge on any atom is 0.159 e. The van der Waals surface area contributed by atoms with Crippen molar-refractivity contribution in [2.45, 2.75) is 6.92 Å². The van der Waals surface area contributed by atoms with Gasteiger partial charge in [0.25, 0.3) is 0 Å². The molecule has 0 unspecified atom stereocenters. The van der Waals surface area contributed by atoms with Crippen molar-refractivity contribution in [2.75, 3.05) is 0 Å². The Balaban J connectivity index is 2.28. The fraction of sp³-hybridized carbons (Fsp3) is 0.0667. The molecule has 1 aromatic carbocycles. The predicted molar refractivity (Wildman–Crippen MR) is 66.7 cm³/mol. The van der Waals surface area contributed by atoms with Crippen LogP contribution in [-0.2, 0) is 0 Å². The molecule has 1 heterocycles. The van der Waals surface area contributed by atoms with Crippen LogP contribution in [0.15, 0.2) is 48.7 Å². The number of hydrogen-bond acceptors (Lipinski definition) is 2. The first-order chi connectivity index (χ1) is 8.25. The molecule has 2 aromatic rings. The molecule has 0 saturated carbocycles. The Labute approximate surface area is 100 Å². The molecule has 0 bridgehead atoms. The van der Waals surface area contributed by atoms with Gasteiger partial charge in [0, 0.05) is 17.3 Å². The normalized spacial score (nSPS) is 9.24. The Hall–Kier alpha value is -2.40. The van der Waals surface area contributed by atoms with Gasteiger partial charge < -0.3 is 0 Å². The second kappa shape index (κ2) is 5.09. The van der Waals surface area contributed by atoms with Gasteiger partial charge >= 0.3 is 0 Å². The van der Waals surface area contributed by atoms with E-state index in [-0.39, 0.29) is 5.78 Å². The molecule has 0 N–H and O–H groups in total. The molecule has 1 aromatic heterocycles. The van der Waals surface area contributed by atoms with Gasteiger partial charge in [0.15, 0.2) is 5.78 Å². The third-order valence-corrected chi connectivity index (χ3v) is 2.27. The van der Waals surface area contributed by atoms with Crippen LogP contribution in [0.5, 0.6) is 0 Å². The van der Waals surface area contributed by atoms with Crippen molar-refractivity contribution < 1.29 is 4.79 Å². The van der Waals surface area contributed by atoms with E-state index in [0.29, 0.717) is 5.56 Å². The van der Waals surface area contributed by atoms with Crippen LogP contribution in [0.3, 0.4) is 0 Å². The van der Waals surface area contributed by atoms with E-state index in [1.165, 1.54) is 0 Å². The minimum absolute atomic E-state index is 0.0477. The highest BCUT2D eigenvalue weighted by molar-refractivity contribution is 5.94. The van der Waals surface area contributed by atoms with Crippen molar-refractivity contribution in [2.24, 2.45) is 0 Å². The van der Waals surface area contributed by atoms with E-state index in [0.717, 1.165) is 11.3 Å². The van der Waals surface area contributed by atoms with Gasteiger partial charge in [-0.3, -0.25) is 4.79 Å². The maximum absolute atomic E-state index is 11.2. The number of carbonyl (C=O) groups is 1. The summed E-state index contributed by atoms with van der Waals surface area (Å²) in [6, 6.07) is 12.9. The quantitative estimate of drug-likeness (QED) is 0.547. The third-order valence-electron chi connectivity index (χ3n) is 2.27. The van der Waals surface area contributed by atoms with Gasteiger partial charge in [-0.25, -0.2) is 4.98 Å². The largest absolute Gasteiger partial charge is 0.295 e. The summed E-state index contributed by atoms with van der Waals surface area (Å²) in [4.78, 5) is 15.3. The number of ketones is 1. The standard InChI is InChI=1S/C15H11NO/c1-12(17)14-6-4-5-13(11-14)8-9-15-7-2-3-10-16-15/h2-7,10-11H,1H3. The molecule has 0 aliphatic carbocycles. The van der Waals surface area contributed by atoms with Crippen molar-refractivity contribution in [3.8, 4) is 11.8 Å². The highest BCUT2D eigenvalue weighted by Crippen LogP contribution is 2.05. The first-order valence-electron chi connectivity index (χ1n) is 5.30. The summed E-state index contributed by atoms with van der Waals surface area (Å²) in [7, 11) is 0. The number of aromatic nitrogens is 1. The summed E-state index contributed by atoms with van der Waals surface area (Å²) in [6.07, 6.45) is 1.70. The van der Waals surface area contributed by atoms with Crippen LogP contribution in [0.2, 0.25) is 0 Å². The number of Topliss-reactive ketones (excluding diaryl/α,β-unsaturated/α-hetero) is 1. The number of carbonyl (C=O) groups excluding carboxylic acids is 1. The van der Waals surface area contributed by atoms with Crippen LogP contribution in [0, 0.1) is 11.8 Å². The number of pyridine rings is 1. The Morgan fingerprint density at radius 1 is 1.12 bits per heavy atom. The second-order valence-electron chi connectivity index (χ2n) is 3.60. The lowest BCUT2D eigenvalue weighted by Crippen LogP contribution is -1.91. The van der Waals surface area contributed by atoms with E-state index in [4.69, 9.17) is 0 Å². The predicted octanol–water partition coefficient (Wildman–Crippen LogP) is 2.68. The Kier molecular flexibility index (Phi) is 3.32. The van der Waals surface area contributed by atoms with Crippen molar-refractivity contribution in [1.82, 2.24) is 4.98 Å². The van der Waals surface area contributed by atoms with Gasteiger partial charge in [-0.05, 0) is 37.1 Å². The van der Waals surface area contributed by atoms with E-state index in [9.17, 15) is 4.79 Å². The molecule has 0 amide bonds. The lowest BCUT2D eigenvalue weighted by atomic mass is 10.1. The number of rotatable bonds is 1. The molecule has 0 fully saturated rings. The maximum atomic E-state index is 11.2. The van der Waals surface area contributed by atoms with E-state index in [1.807, 2.05) is 30.3 Å². The van der Waals surface area contributed by atoms with Gasteiger partial charge in [0.2, 0.25) is 0 Å². The van der Waals surface area contributed by atoms with E-state index in [2.05, 4.69) is 16.8 Å². The smallest absolute Gasteiger partial charge is 0.159 e. The molecule has 82 valence electrons. The highest BCUT2D eigenvalue weighted by atomic mass is 16.1. The van der Waals surface area contributed by atoms with Crippen LogP contribution >= 0.6 is 0 Å². The fourth-order valence-corrected chi connectivity index (χ4v) is 1.39. The van der Waals surface area contributed by atoms with Crippen LogP contribution in [0.4, 0.5) is 0 Å². The highest BCUT2D eigenvalue weighted by Gasteiger charge is 1.98. The lowest BCUT2D eigenvalue weighted by molar-refractivity contribution is 0.101. The summed E-state index contributed by atoms with van der Waals surface area (Å²) >= 11 is 0.